The molecule has 0 spiro atoms. The summed E-state index contributed by atoms with van der Waals surface area (Å²) in [6, 6.07) is 11.2. The van der Waals surface area contributed by atoms with Gasteiger partial charge < -0.3 is 10.5 Å². The second kappa shape index (κ2) is 4.89. The average Bonchev–Trinajstić information content (AvgIpc) is 2.80. The van der Waals surface area contributed by atoms with Gasteiger partial charge in [0.15, 0.2) is 11.5 Å². The quantitative estimate of drug-likeness (QED) is 0.806. The van der Waals surface area contributed by atoms with Gasteiger partial charge >= 0.3 is 0 Å². The normalized spacial score (nSPS) is 10.8. The number of pyridine rings is 1. The maximum Gasteiger partial charge on any atom is 0.189 e. The molecule has 0 unspecified atom stereocenters. The van der Waals surface area contributed by atoms with Crippen LogP contribution in [-0.2, 0) is 6.61 Å². The summed E-state index contributed by atoms with van der Waals surface area (Å²) >= 11 is 3.38. The summed E-state index contributed by atoms with van der Waals surface area (Å²) in [6.45, 7) is 0.323. The first-order valence-corrected chi connectivity index (χ1v) is 6.49. The SMILES string of the molecule is Nc1ccc2nc(COc3ccc(Br)cc3)nn2c1. The van der Waals surface area contributed by atoms with E-state index in [0.29, 0.717) is 18.1 Å². The predicted octanol–water partition coefficient (Wildman–Crippen LogP) is 2.65. The Morgan fingerprint density at radius 2 is 1.95 bits per heavy atom. The van der Waals surface area contributed by atoms with E-state index in [2.05, 4.69) is 26.0 Å². The van der Waals surface area contributed by atoms with Gasteiger partial charge in [0.25, 0.3) is 0 Å². The van der Waals surface area contributed by atoms with Crippen molar-refractivity contribution in [2.75, 3.05) is 5.73 Å². The summed E-state index contributed by atoms with van der Waals surface area (Å²) in [6.07, 6.45) is 1.73. The second-order valence-corrected chi connectivity index (χ2v) is 4.95. The number of nitrogens with zero attached hydrogens (tertiary/aromatic N) is 3. The largest absolute Gasteiger partial charge is 0.486 e. The number of anilines is 1. The molecule has 0 aliphatic heterocycles. The molecule has 2 aromatic heterocycles. The summed E-state index contributed by atoms with van der Waals surface area (Å²) < 4.78 is 8.28. The van der Waals surface area contributed by atoms with Crippen molar-refractivity contribution >= 4 is 27.3 Å². The van der Waals surface area contributed by atoms with Crippen LogP contribution in [0.1, 0.15) is 5.82 Å². The van der Waals surface area contributed by atoms with Crippen molar-refractivity contribution in [3.05, 3.63) is 52.9 Å². The van der Waals surface area contributed by atoms with E-state index < -0.39 is 0 Å². The molecule has 5 nitrogen and oxygen atoms in total. The number of hydrogen-bond donors (Lipinski definition) is 1. The minimum Gasteiger partial charge on any atom is -0.486 e. The number of nitrogen functional groups attached to an aromatic ring is 1. The lowest BCUT2D eigenvalue weighted by Gasteiger charge is -2.02. The predicted molar refractivity (Wildman–Crippen MR) is 75.9 cm³/mol. The lowest BCUT2D eigenvalue weighted by Crippen LogP contribution is -1.98. The first-order valence-electron chi connectivity index (χ1n) is 5.70. The van der Waals surface area contributed by atoms with Crippen molar-refractivity contribution in [3.63, 3.8) is 0 Å². The lowest BCUT2D eigenvalue weighted by molar-refractivity contribution is 0.296. The molecule has 19 heavy (non-hydrogen) atoms. The average molecular weight is 319 g/mol. The van der Waals surface area contributed by atoms with Crippen molar-refractivity contribution in [3.8, 4) is 5.75 Å². The highest BCUT2D eigenvalue weighted by Gasteiger charge is 2.04. The molecule has 6 heteroatoms. The number of aromatic nitrogens is 3. The smallest absolute Gasteiger partial charge is 0.189 e. The number of hydrogen-bond acceptors (Lipinski definition) is 4. The summed E-state index contributed by atoms with van der Waals surface area (Å²) in [7, 11) is 0. The van der Waals surface area contributed by atoms with Gasteiger partial charge in [-0.15, -0.1) is 5.10 Å². The number of benzene rings is 1. The summed E-state index contributed by atoms with van der Waals surface area (Å²) in [5.74, 6) is 1.40. The maximum absolute atomic E-state index is 5.69. The van der Waals surface area contributed by atoms with Crippen molar-refractivity contribution < 1.29 is 4.74 Å². The Labute approximate surface area is 118 Å². The van der Waals surface area contributed by atoms with E-state index >= 15 is 0 Å². The van der Waals surface area contributed by atoms with Crippen LogP contribution in [-0.4, -0.2) is 14.6 Å². The third kappa shape index (κ3) is 2.68. The fraction of sp³-hybridized carbons (Fsp3) is 0.0769. The van der Waals surface area contributed by atoms with Crippen LogP contribution in [0.15, 0.2) is 47.1 Å². The second-order valence-electron chi connectivity index (χ2n) is 4.04. The Morgan fingerprint density at radius 3 is 2.74 bits per heavy atom. The first kappa shape index (κ1) is 12.0. The molecule has 0 amide bonds. The molecule has 0 aliphatic rings. The maximum atomic E-state index is 5.69. The molecular formula is C13H11BrN4O. The molecule has 0 aliphatic carbocycles. The molecule has 0 fully saturated rings. The monoisotopic (exact) mass is 318 g/mol. The van der Waals surface area contributed by atoms with Crippen LogP contribution in [0.25, 0.3) is 5.65 Å². The van der Waals surface area contributed by atoms with Crippen molar-refractivity contribution in [2.45, 2.75) is 6.61 Å². The van der Waals surface area contributed by atoms with E-state index in [0.717, 1.165) is 15.9 Å². The van der Waals surface area contributed by atoms with Gasteiger partial charge in [0.05, 0.1) is 11.9 Å². The molecular weight excluding hydrogens is 308 g/mol. The zero-order chi connectivity index (χ0) is 13.2. The Bertz CT molecular complexity index is 708. The third-order valence-electron chi connectivity index (χ3n) is 2.58. The number of rotatable bonds is 3. The van der Waals surface area contributed by atoms with Gasteiger partial charge in [-0.25, -0.2) is 9.50 Å². The van der Waals surface area contributed by atoms with Gasteiger partial charge in [0.1, 0.15) is 12.4 Å². The van der Waals surface area contributed by atoms with Crippen LogP contribution in [0.4, 0.5) is 5.69 Å². The highest BCUT2D eigenvalue weighted by atomic mass is 79.9. The van der Waals surface area contributed by atoms with E-state index in [9.17, 15) is 0 Å². The Hall–Kier alpha value is -2.08. The molecule has 1 aromatic carbocycles. The van der Waals surface area contributed by atoms with Crippen molar-refractivity contribution in [1.82, 2.24) is 14.6 Å². The molecule has 0 saturated carbocycles. The summed E-state index contributed by atoms with van der Waals surface area (Å²) in [4.78, 5) is 4.35. The zero-order valence-electron chi connectivity index (χ0n) is 9.95. The van der Waals surface area contributed by atoms with Gasteiger partial charge in [0.2, 0.25) is 0 Å². The van der Waals surface area contributed by atoms with Crippen LogP contribution >= 0.6 is 15.9 Å². The van der Waals surface area contributed by atoms with E-state index in [1.54, 1.807) is 16.8 Å². The highest BCUT2D eigenvalue weighted by Crippen LogP contribution is 2.17. The molecule has 3 aromatic rings. The minimum atomic E-state index is 0.323. The highest BCUT2D eigenvalue weighted by molar-refractivity contribution is 9.10. The number of fused-ring (bicyclic) bond motifs is 1. The fourth-order valence-electron chi connectivity index (χ4n) is 1.68. The number of halogens is 1. The molecule has 2 N–H and O–H groups in total. The molecule has 0 radical (unpaired) electrons. The van der Waals surface area contributed by atoms with Crippen molar-refractivity contribution in [1.29, 1.82) is 0 Å². The van der Waals surface area contributed by atoms with Gasteiger partial charge in [-0.3, -0.25) is 0 Å². The molecule has 0 saturated heterocycles. The van der Waals surface area contributed by atoms with E-state index in [1.807, 2.05) is 30.3 Å². The number of ether oxygens (including phenoxy) is 1. The van der Waals surface area contributed by atoms with E-state index in [1.165, 1.54) is 0 Å². The standard InChI is InChI=1S/C13H11BrN4O/c14-9-1-4-11(5-2-9)19-8-12-16-13-6-3-10(15)7-18(13)17-12/h1-7H,8,15H2. The zero-order valence-corrected chi connectivity index (χ0v) is 11.5. The summed E-state index contributed by atoms with van der Waals surface area (Å²) in [5.41, 5.74) is 7.09. The van der Waals surface area contributed by atoms with E-state index in [4.69, 9.17) is 10.5 Å². The van der Waals surface area contributed by atoms with Crippen LogP contribution in [0.3, 0.4) is 0 Å². The molecule has 0 bridgehead atoms. The topological polar surface area (TPSA) is 65.4 Å². The van der Waals surface area contributed by atoms with Crippen molar-refractivity contribution in [2.24, 2.45) is 0 Å². The molecule has 0 atom stereocenters. The Kier molecular flexibility index (Phi) is 3.08. The van der Waals surface area contributed by atoms with Crippen LogP contribution in [0, 0.1) is 0 Å². The van der Waals surface area contributed by atoms with Crippen LogP contribution < -0.4 is 10.5 Å². The van der Waals surface area contributed by atoms with E-state index in [-0.39, 0.29) is 0 Å². The van der Waals surface area contributed by atoms with Gasteiger partial charge in [-0.05, 0) is 36.4 Å². The Morgan fingerprint density at radius 1 is 1.16 bits per heavy atom. The minimum absolute atomic E-state index is 0.323. The Balaban J connectivity index is 1.76. The van der Waals surface area contributed by atoms with Gasteiger partial charge in [-0.2, -0.15) is 0 Å². The lowest BCUT2D eigenvalue weighted by atomic mass is 10.3. The third-order valence-corrected chi connectivity index (χ3v) is 3.11. The van der Waals surface area contributed by atoms with Crippen LogP contribution in [0.5, 0.6) is 5.75 Å². The molecule has 3 rings (SSSR count). The summed E-state index contributed by atoms with van der Waals surface area (Å²) in [5, 5.41) is 4.30. The van der Waals surface area contributed by atoms with Gasteiger partial charge in [0, 0.05) is 4.47 Å². The molecule has 96 valence electrons. The molecule has 2 heterocycles. The number of nitrogens with two attached hydrogens (primary N) is 1. The fourth-order valence-corrected chi connectivity index (χ4v) is 1.95. The first-order chi connectivity index (χ1) is 9.20. The van der Waals surface area contributed by atoms with Crippen LogP contribution in [0.2, 0.25) is 0 Å². The van der Waals surface area contributed by atoms with Gasteiger partial charge in [-0.1, -0.05) is 15.9 Å².